The van der Waals surface area contributed by atoms with Gasteiger partial charge < -0.3 is 20.6 Å². The Morgan fingerprint density at radius 2 is 1.93 bits per heavy atom. The van der Waals surface area contributed by atoms with Crippen molar-refractivity contribution in [2.24, 2.45) is 0 Å². The molecule has 12 heteroatoms. The molecule has 0 fully saturated rings. The third-order valence-corrected chi connectivity index (χ3v) is 6.24. The summed E-state index contributed by atoms with van der Waals surface area (Å²) in [5, 5.41) is 34.5. The maximum atomic E-state index is 12.6. The van der Waals surface area contributed by atoms with Crippen LogP contribution in [0.5, 0.6) is 5.75 Å². The molecule has 3 atom stereocenters. The van der Waals surface area contributed by atoms with Crippen molar-refractivity contribution in [2.75, 3.05) is 23.0 Å². The smallest absolute Gasteiger partial charge is 0.271 e. The van der Waals surface area contributed by atoms with E-state index in [1.165, 1.54) is 29.3 Å². The highest BCUT2D eigenvalue weighted by Gasteiger charge is 2.29. The number of benzene rings is 1. The van der Waals surface area contributed by atoms with E-state index in [9.17, 15) is 28.5 Å². The van der Waals surface area contributed by atoms with E-state index in [2.05, 4.69) is 15.0 Å². The molecule has 0 radical (unpaired) electrons. The van der Waals surface area contributed by atoms with E-state index in [1.807, 2.05) is 6.26 Å². The number of amides is 1. The van der Waals surface area contributed by atoms with Gasteiger partial charge in [0.15, 0.2) is 5.13 Å². The summed E-state index contributed by atoms with van der Waals surface area (Å²) in [6.07, 6.45) is 1.15. The predicted molar refractivity (Wildman–Crippen MR) is 119 cm³/mol. The van der Waals surface area contributed by atoms with Gasteiger partial charge in [0.1, 0.15) is 17.5 Å². The number of phenolic OH excluding ortho intramolecular Hbond substituents is 1. The van der Waals surface area contributed by atoms with Crippen LogP contribution in [0.1, 0.15) is 22.5 Å². The van der Waals surface area contributed by atoms with Crippen LogP contribution < -0.4 is 10.0 Å². The molecule has 0 aliphatic carbocycles. The second-order valence-electron chi connectivity index (χ2n) is 6.70. The number of rotatable bonds is 11. The number of nitrogens with one attached hydrogen (secondary N) is 2. The fourth-order valence-electron chi connectivity index (χ4n) is 2.65. The van der Waals surface area contributed by atoms with E-state index in [1.54, 1.807) is 12.1 Å². The third-order valence-electron chi connectivity index (χ3n) is 4.14. The van der Waals surface area contributed by atoms with E-state index in [4.69, 9.17) is 0 Å². The zero-order chi connectivity index (χ0) is 22.3. The monoisotopic (exact) mass is 475 g/mol. The van der Waals surface area contributed by atoms with Crippen LogP contribution in [0.4, 0.5) is 5.13 Å². The second-order valence-corrected chi connectivity index (χ2v) is 10.3. The Morgan fingerprint density at radius 3 is 2.53 bits per heavy atom. The number of aliphatic hydroxyl groups excluding tert-OH is 2. The van der Waals surface area contributed by atoms with Crippen molar-refractivity contribution in [1.82, 2.24) is 10.3 Å². The molecular formula is C18H25N3O6S3. The fraction of sp³-hybridized carbons (Fsp3) is 0.444. The molecular weight excluding hydrogens is 450 g/mol. The first-order valence-corrected chi connectivity index (χ1v) is 13.1. The van der Waals surface area contributed by atoms with Gasteiger partial charge in [0.25, 0.3) is 5.91 Å². The van der Waals surface area contributed by atoms with E-state index < -0.39 is 34.2 Å². The summed E-state index contributed by atoms with van der Waals surface area (Å²) in [7, 11) is -3.52. The summed E-state index contributed by atoms with van der Waals surface area (Å²) in [6, 6.07) is 5.48. The number of thiazole rings is 1. The first-order chi connectivity index (χ1) is 14.1. The zero-order valence-electron chi connectivity index (χ0n) is 16.5. The maximum absolute atomic E-state index is 12.6. The first-order valence-electron chi connectivity index (χ1n) is 8.96. The van der Waals surface area contributed by atoms with E-state index in [0.29, 0.717) is 12.2 Å². The van der Waals surface area contributed by atoms with Crippen molar-refractivity contribution >= 4 is 44.2 Å². The van der Waals surface area contributed by atoms with Crippen LogP contribution in [0.25, 0.3) is 0 Å². The van der Waals surface area contributed by atoms with Gasteiger partial charge in [-0.3, -0.25) is 9.52 Å². The molecule has 3 unspecified atom stereocenters. The number of hydrogen-bond acceptors (Lipinski definition) is 9. The molecule has 0 saturated carbocycles. The lowest BCUT2D eigenvalue weighted by atomic mass is 9.96. The van der Waals surface area contributed by atoms with Crippen molar-refractivity contribution in [3.05, 3.63) is 40.9 Å². The Hall–Kier alpha value is -1.86. The lowest BCUT2D eigenvalue weighted by Crippen LogP contribution is -2.50. The molecule has 0 aliphatic rings. The quantitative estimate of drug-likeness (QED) is 0.324. The van der Waals surface area contributed by atoms with E-state index in [0.717, 1.165) is 23.2 Å². The molecule has 1 amide bonds. The highest BCUT2D eigenvalue weighted by atomic mass is 32.2. The van der Waals surface area contributed by atoms with E-state index >= 15 is 0 Å². The number of thioether (sulfide) groups is 1. The summed E-state index contributed by atoms with van der Waals surface area (Å²) < 4.78 is 24.8. The summed E-state index contributed by atoms with van der Waals surface area (Å²) in [4.78, 5) is 16.6. The van der Waals surface area contributed by atoms with Crippen molar-refractivity contribution < 1.29 is 28.5 Å². The standard InChI is InChI=1S/C18H25N3O6S3/c1-28-8-7-15(23)16(24)13(9-11-3-5-12(22)6-4-11)19-17(25)14-10-29-18(20-14)21-30(2,26)27/h3-6,10,13,15-16,22-24H,7-9H2,1-2H3,(H,19,25)(H,20,21). The fourth-order valence-corrected chi connectivity index (χ4v) is 4.67. The zero-order valence-corrected chi connectivity index (χ0v) is 18.9. The minimum absolute atomic E-state index is 0.00680. The average Bonchev–Trinajstić information content (AvgIpc) is 3.13. The molecule has 0 spiro atoms. The van der Waals surface area contributed by atoms with Gasteiger partial charge in [-0.15, -0.1) is 11.3 Å². The number of sulfonamides is 1. The Kier molecular flexibility index (Phi) is 8.92. The molecule has 2 rings (SSSR count). The lowest BCUT2D eigenvalue weighted by Gasteiger charge is -2.27. The van der Waals surface area contributed by atoms with Crippen LogP contribution in [0.15, 0.2) is 29.6 Å². The summed E-state index contributed by atoms with van der Waals surface area (Å²) in [6.45, 7) is 0. The van der Waals surface area contributed by atoms with Gasteiger partial charge in [-0.25, -0.2) is 13.4 Å². The second kappa shape index (κ2) is 11.0. The number of hydrogen-bond donors (Lipinski definition) is 5. The first kappa shape index (κ1) is 24.4. The molecule has 2 aromatic rings. The van der Waals surface area contributed by atoms with Crippen LogP contribution in [0.3, 0.4) is 0 Å². The highest BCUT2D eigenvalue weighted by Crippen LogP contribution is 2.19. The molecule has 1 aromatic heterocycles. The number of aliphatic hydroxyl groups is 2. The van der Waals surface area contributed by atoms with Crippen LogP contribution >= 0.6 is 23.1 Å². The largest absolute Gasteiger partial charge is 0.508 e. The van der Waals surface area contributed by atoms with Crippen LogP contribution in [-0.4, -0.2) is 71.1 Å². The Morgan fingerprint density at radius 1 is 1.27 bits per heavy atom. The highest BCUT2D eigenvalue weighted by molar-refractivity contribution is 7.98. The number of aromatic hydroxyl groups is 1. The number of phenols is 1. The molecule has 166 valence electrons. The number of anilines is 1. The van der Waals surface area contributed by atoms with Crippen molar-refractivity contribution in [1.29, 1.82) is 0 Å². The van der Waals surface area contributed by atoms with Gasteiger partial charge >= 0.3 is 0 Å². The maximum Gasteiger partial charge on any atom is 0.271 e. The summed E-state index contributed by atoms with van der Waals surface area (Å²) in [5.41, 5.74) is 0.736. The molecule has 1 heterocycles. The summed E-state index contributed by atoms with van der Waals surface area (Å²) >= 11 is 2.49. The lowest BCUT2D eigenvalue weighted by molar-refractivity contribution is -0.00409. The molecule has 1 aromatic carbocycles. The van der Waals surface area contributed by atoms with Crippen molar-refractivity contribution in [2.45, 2.75) is 31.1 Å². The number of aromatic nitrogens is 1. The number of carbonyl (C=O) groups is 1. The van der Waals surface area contributed by atoms with Gasteiger partial charge in [-0.1, -0.05) is 12.1 Å². The van der Waals surface area contributed by atoms with Gasteiger partial charge in [-0.05, 0) is 42.5 Å². The van der Waals surface area contributed by atoms with Gasteiger partial charge in [0.05, 0.1) is 18.4 Å². The van der Waals surface area contributed by atoms with Crippen LogP contribution in [0, 0.1) is 0 Å². The normalized spacial score (nSPS) is 14.7. The van der Waals surface area contributed by atoms with Crippen molar-refractivity contribution in [3.63, 3.8) is 0 Å². The molecule has 0 aliphatic heterocycles. The Labute approximate surface area is 183 Å². The number of nitrogens with zero attached hydrogens (tertiary/aromatic N) is 1. The van der Waals surface area contributed by atoms with E-state index in [-0.39, 0.29) is 23.0 Å². The molecule has 9 nitrogen and oxygen atoms in total. The predicted octanol–water partition coefficient (Wildman–Crippen LogP) is 1.04. The minimum atomic E-state index is -3.52. The Bertz CT molecular complexity index is 933. The summed E-state index contributed by atoms with van der Waals surface area (Å²) in [5.74, 6) is 0.131. The topological polar surface area (TPSA) is 149 Å². The van der Waals surface area contributed by atoms with Gasteiger partial charge in [-0.2, -0.15) is 11.8 Å². The molecule has 30 heavy (non-hydrogen) atoms. The van der Waals surface area contributed by atoms with Crippen LogP contribution in [-0.2, 0) is 16.4 Å². The van der Waals surface area contributed by atoms with Gasteiger partial charge in [0.2, 0.25) is 10.0 Å². The molecule has 5 N–H and O–H groups in total. The molecule has 0 saturated heterocycles. The van der Waals surface area contributed by atoms with Crippen molar-refractivity contribution in [3.8, 4) is 5.75 Å². The Balaban J connectivity index is 2.16. The minimum Gasteiger partial charge on any atom is -0.508 e. The molecule has 0 bridgehead atoms. The average molecular weight is 476 g/mol. The number of carbonyl (C=O) groups excluding carboxylic acids is 1. The van der Waals surface area contributed by atoms with Crippen LogP contribution in [0.2, 0.25) is 0 Å². The third kappa shape index (κ3) is 7.76. The SMILES string of the molecule is CSCCC(O)C(O)C(Cc1ccc(O)cc1)NC(=O)c1csc(NS(C)(=O)=O)n1. The van der Waals surface area contributed by atoms with Gasteiger partial charge in [0, 0.05) is 5.38 Å².